The highest BCUT2D eigenvalue weighted by Crippen LogP contribution is 2.25. The molecule has 0 aliphatic rings. The molecule has 5 rings (SSSR count). The van der Waals surface area contributed by atoms with Crippen molar-refractivity contribution in [2.75, 3.05) is 14.2 Å². The highest BCUT2D eigenvalue weighted by Gasteiger charge is 2.11. The number of hydrazone groups is 1. The second-order valence-corrected chi connectivity index (χ2v) is 8.17. The lowest BCUT2D eigenvalue weighted by Crippen LogP contribution is -2.17. The molecule has 5 aromatic rings. The van der Waals surface area contributed by atoms with Gasteiger partial charge in [0.25, 0.3) is 5.91 Å². The van der Waals surface area contributed by atoms with Gasteiger partial charge in [-0.1, -0.05) is 60.7 Å². The maximum absolute atomic E-state index is 12.7. The van der Waals surface area contributed by atoms with Gasteiger partial charge in [0.1, 0.15) is 11.5 Å². The summed E-state index contributed by atoms with van der Waals surface area (Å²) in [5.74, 6) is 0.725. The van der Waals surface area contributed by atoms with Gasteiger partial charge >= 0.3 is 0 Å². The molecule has 174 valence electrons. The summed E-state index contributed by atoms with van der Waals surface area (Å²) in [5.41, 5.74) is 6.27. The zero-order chi connectivity index (χ0) is 24.2. The molecule has 0 saturated heterocycles. The molecule has 0 aliphatic heterocycles. The van der Waals surface area contributed by atoms with Crippen molar-refractivity contribution >= 4 is 33.8 Å². The first-order valence-corrected chi connectivity index (χ1v) is 11.3. The smallest absolute Gasteiger partial charge is 0.271 e. The van der Waals surface area contributed by atoms with Gasteiger partial charge in [-0.05, 0) is 34.5 Å². The molecule has 6 heteroatoms. The van der Waals surface area contributed by atoms with Crippen molar-refractivity contribution in [3.63, 3.8) is 0 Å². The molecule has 0 spiro atoms. The Balaban J connectivity index is 1.41. The number of hydrogen-bond acceptors (Lipinski definition) is 4. The van der Waals surface area contributed by atoms with E-state index in [9.17, 15) is 4.79 Å². The normalized spacial score (nSPS) is 11.3. The Morgan fingerprint density at radius 1 is 0.886 bits per heavy atom. The molecule has 0 fully saturated rings. The number of para-hydroxylation sites is 1. The van der Waals surface area contributed by atoms with Gasteiger partial charge in [0.05, 0.1) is 20.4 Å². The predicted octanol–water partition coefficient (Wildman–Crippen LogP) is 5.62. The number of carbonyl (C=O) groups is 1. The molecule has 0 aliphatic carbocycles. The van der Waals surface area contributed by atoms with E-state index in [4.69, 9.17) is 9.47 Å². The molecule has 0 bridgehead atoms. The number of rotatable bonds is 7. The predicted molar refractivity (Wildman–Crippen MR) is 140 cm³/mol. The molecule has 0 unspecified atom stereocenters. The highest BCUT2D eigenvalue weighted by molar-refractivity contribution is 6.01. The number of nitrogens with one attached hydrogen (secondary N) is 1. The van der Waals surface area contributed by atoms with Crippen molar-refractivity contribution in [2.45, 2.75) is 6.54 Å². The fourth-order valence-corrected chi connectivity index (χ4v) is 4.29. The van der Waals surface area contributed by atoms with Gasteiger partial charge in [-0.25, -0.2) is 5.43 Å². The van der Waals surface area contributed by atoms with Crippen LogP contribution in [0.15, 0.2) is 96.2 Å². The fourth-order valence-electron chi connectivity index (χ4n) is 4.29. The van der Waals surface area contributed by atoms with Gasteiger partial charge in [-0.15, -0.1) is 0 Å². The zero-order valence-electron chi connectivity index (χ0n) is 19.6. The number of methoxy groups -OCH3 is 2. The maximum Gasteiger partial charge on any atom is 0.271 e. The minimum Gasteiger partial charge on any atom is -0.497 e. The van der Waals surface area contributed by atoms with Crippen molar-refractivity contribution in [1.82, 2.24) is 9.99 Å². The Bertz CT molecular complexity index is 1520. The Kier molecular flexibility index (Phi) is 6.18. The van der Waals surface area contributed by atoms with Gasteiger partial charge < -0.3 is 14.0 Å². The summed E-state index contributed by atoms with van der Waals surface area (Å²) < 4.78 is 12.7. The number of amides is 1. The number of nitrogens with zero attached hydrogens (tertiary/aromatic N) is 2. The van der Waals surface area contributed by atoms with Crippen molar-refractivity contribution in [1.29, 1.82) is 0 Å². The van der Waals surface area contributed by atoms with Gasteiger partial charge in [0.15, 0.2) is 0 Å². The third kappa shape index (κ3) is 4.59. The van der Waals surface area contributed by atoms with Crippen LogP contribution in [0.2, 0.25) is 0 Å². The van der Waals surface area contributed by atoms with E-state index in [0.717, 1.165) is 23.0 Å². The second kappa shape index (κ2) is 9.73. The minimum absolute atomic E-state index is 0.349. The van der Waals surface area contributed by atoms with Gasteiger partial charge in [0.2, 0.25) is 0 Å². The third-order valence-corrected chi connectivity index (χ3v) is 6.02. The van der Waals surface area contributed by atoms with Crippen LogP contribution in [0.5, 0.6) is 11.5 Å². The molecule has 1 amide bonds. The number of hydrogen-bond donors (Lipinski definition) is 1. The molecule has 35 heavy (non-hydrogen) atoms. The van der Waals surface area contributed by atoms with Gasteiger partial charge in [-0.3, -0.25) is 4.79 Å². The first kappa shape index (κ1) is 22.2. The van der Waals surface area contributed by atoms with Crippen molar-refractivity contribution in [2.24, 2.45) is 5.10 Å². The summed E-state index contributed by atoms with van der Waals surface area (Å²) in [6.07, 6.45) is 3.74. The lowest BCUT2D eigenvalue weighted by Gasteiger charge is -2.09. The largest absolute Gasteiger partial charge is 0.497 e. The summed E-state index contributed by atoms with van der Waals surface area (Å²) in [4.78, 5) is 12.7. The van der Waals surface area contributed by atoms with Crippen LogP contribution in [0.3, 0.4) is 0 Å². The van der Waals surface area contributed by atoms with Crippen LogP contribution in [0, 0.1) is 0 Å². The monoisotopic (exact) mass is 463 g/mol. The van der Waals surface area contributed by atoms with E-state index in [1.54, 1.807) is 38.6 Å². The summed E-state index contributed by atoms with van der Waals surface area (Å²) in [6.45, 7) is 0.728. The molecule has 0 saturated carbocycles. The lowest BCUT2D eigenvalue weighted by molar-refractivity contribution is 0.0954. The van der Waals surface area contributed by atoms with Crippen LogP contribution >= 0.6 is 0 Å². The molecular weight excluding hydrogens is 438 g/mol. The fraction of sp³-hybridized carbons (Fsp3) is 0.103. The first-order valence-electron chi connectivity index (χ1n) is 11.3. The molecule has 1 N–H and O–H groups in total. The standard InChI is InChI=1S/C29H25N3O3/c1-34-24-14-22(15-25(16-24)35-2)29(33)31-30-17-23-19-32(28-13-6-5-12-27(23)28)18-21-10-7-9-20-8-3-4-11-26(20)21/h3-17,19H,18H2,1-2H3,(H,31,33)/b30-17-. The Labute approximate surface area is 203 Å². The first-order chi connectivity index (χ1) is 17.2. The number of aromatic nitrogens is 1. The van der Waals surface area contributed by atoms with Crippen molar-refractivity contribution in [3.8, 4) is 11.5 Å². The minimum atomic E-state index is -0.349. The van der Waals surface area contributed by atoms with E-state index < -0.39 is 0 Å². The Hall–Kier alpha value is -4.58. The summed E-state index contributed by atoms with van der Waals surface area (Å²) in [6, 6.07) is 28.0. The lowest BCUT2D eigenvalue weighted by atomic mass is 10.0. The Morgan fingerprint density at radius 2 is 1.57 bits per heavy atom. The number of fused-ring (bicyclic) bond motifs is 2. The Morgan fingerprint density at radius 3 is 2.34 bits per heavy atom. The maximum atomic E-state index is 12.7. The van der Waals surface area contributed by atoms with E-state index in [1.165, 1.54) is 16.3 Å². The zero-order valence-corrected chi connectivity index (χ0v) is 19.6. The number of carbonyl (C=O) groups excluding carboxylic acids is 1. The third-order valence-electron chi connectivity index (χ3n) is 6.02. The van der Waals surface area contributed by atoms with Crippen LogP contribution in [0.1, 0.15) is 21.5 Å². The summed E-state index contributed by atoms with van der Waals surface area (Å²) in [5, 5.41) is 7.76. The van der Waals surface area contributed by atoms with E-state index >= 15 is 0 Å². The van der Waals surface area contributed by atoms with Crippen molar-refractivity contribution < 1.29 is 14.3 Å². The average Bonchev–Trinajstić information content (AvgIpc) is 3.25. The number of ether oxygens (including phenoxy) is 2. The average molecular weight is 464 g/mol. The van der Waals surface area contributed by atoms with Crippen molar-refractivity contribution in [3.05, 3.63) is 108 Å². The molecule has 6 nitrogen and oxygen atoms in total. The second-order valence-electron chi connectivity index (χ2n) is 8.17. The van der Waals surface area contributed by atoms with Crippen LogP contribution in [0.4, 0.5) is 0 Å². The quantitative estimate of drug-likeness (QED) is 0.252. The molecule has 1 aromatic heterocycles. The number of benzene rings is 4. The van der Waals surface area contributed by atoms with Crippen LogP contribution < -0.4 is 14.9 Å². The molecular formula is C29H25N3O3. The van der Waals surface area contributed by atoms with Gasteiger partial charge in [-0.2, -0.15) is 5.10 Å². The molecule has 0 radical (unpaired) electrons. The van der Waals surface area contributed by atoms with E-state index in [0.29, 0.717) is 17.1 Å². The highest BCUT2D eigenvalue weighted by atomic mass is 16.5. The topological polar surface area (TPSA) is 64.8 Å². The SMILES string of the molecule is COc1cc(OC)cc(C(=O)N/N=C\c2cn(Cc3cccc4ccccc34)c3ccccc23)c1. The summed E-state index contributed by atoms with van der Waals surface area (Å²) >= 11 is 0. The molecule has 4 aromatic carbocycles. The van der Waals surface area contributed by atoms with Crippen LogP contribution in [-0.4, -0.2) is 30.9 Å². The van der Waals surface area contributed by atoms with E-state index in [1.807, 2.05) is 12.1 Å². The van der Waals surface area contributed by atoms with Gasteiger partial charge in [0, 0.05) is 40.8 Å². The van der Waals surface area contributed by atoms with E-state index in [-0.39, 0.29) is 5.91 Å². The van der Waals surface area contributed by atoms with Crippen LogP contribution in [-0.2, 0) is 6.54 Å². The summed E-state index contributed by atoms with van der Waals surface area (Å²) in [7, 11) is 3.09. The molecule has 1 heterocycles. The van der Waals surface area contributed by atoms with E-state index in [2.05, 4.69) is 75.9 Å². The molecule has 0 atom stereocenters. The van der Waals surface area contributed by atoms with Crippen LogP contribution in [0.25, 0.3) is 21.7 Å².